The summed E-state index contributed by atoms with van der Waals surface area (Å²) in [6.45, 7) is 2.20. The number of benzene rings is 1. The van der Waals surface area contributed by atoms with Crippen molar-refractivity contribution in [3.63, 3.8) is 0 Å². The van der Waals surface area contributed by atoms with Crippen molar-refractivity contribution in [2.45, 2.75) is 25.3 Å². The summed E-state index contributed by atoms with van der Waals surface area (Å²) in [6, 6.07) is 8.46. The van der Waals surface area contributed by atoms with Crippen LogP contribution in [0.4, 0.5) is 0 Å². The Bertz CT molecular complexity index is 622. The van der Waals surface area contributed by atoms with E-state index in [1.54, 1.807) is 0 Å². The van der Waals surface area contributed by atoms with E-state index >= 15 is 0 Å². The van der Waals surface area contributed by atoms with Gasteiger partial charge in [-0.15, -0.1) is 0 Å². The highest BCUT2D eigenvalue weighted by molar-refractivity contribution is 5.89. The molecule has 0 unspecified atom stereocenters. The smallest absolute Gasteiger partial charge is 0.153 e. The van der Waals surface area contributed by atoms with Crippen LogP contribution in [0.2, 0.25) is 0 Å². The number of hydrogen-bond donors (Lipinski definition) is 1. The lowest BCUT2D eigenvalue weighted by Crippen LogP contribution is -2.56. The van der Waals surface area contributed by atoms with Gasteiger partial charge in [0, 0.05) is 23.0 Å². The predicted molar refractivity (Wildman–Crippen MR) is 75.1 cm³/mol. The van der Waals surface area contributed by atoms with Crippen molar-refractivity contribution in [3.8, 4) is 0 Å². The number of nitrogens with one attached hydrogen (secondary N) is 1. The first-order valence-corrected chi connectivity index (χ1v) is 7.16. The Morgan fingerprint density at radius 3 is 2.79 bits per heavy atom. The number of rotatable bonds is 2. The minimum Gasteiger partial charge on any atom is -0.361 e. The summed E-state index contributed by atoms with van der Waals surface area (Å²) in [5, 5.41) is 1.26. The van der Waals surface area contributed by atoms with Crippen molar-refractivity contribution in [2.75, 3.05) is 13.1 Å². The number of carbonyl (C=O) groups excluding carboxylic acids is 1. The maximum Gasteiger partial charge on any atom is 0.153 e. The Kier molecular flexibility index (Phi) is 2.49. The molecule has 3 aliphatic heterocycles. The molecular weight excluding hydrogens is 236 g/mol. The van der Waals surface area contributed by atoms with Crippen molar-refractivity contribution >= 4 is 16.7 Å². The zero-order chi connectivity index (χ0) is 12.8. The highest BCUT2D eigenvalue weighted by Gasteiger charge is 2.40. The molecule has 19 heavy (non-hydrogen) atoms. The van der Waals surface area contributed by atoms with Crippen molar-refractivity contribution in [1.82, 2.24) is 9.88 Å². The monoisotopic (exact) mass is 254 g/mol. The molecule has 1 N–H and O–H groups in total. The number of carbonyl (C=O) groups is 1. The van der Waals surface area contributed by atoms with Crippen molar-refractivity contribution < 1.29 is 4.79 Å². The van der Waals surface area contributed by atoms with E-state index in [9.17, 15) is 4.79 Å². The molecule has 0 amide bonds. The lowest BCUT2D eigenvalue weighted by Gasteiger charge is -2.44. The average molecular weight is 254 g/mol. The van der Waals surface area contributed by atoms with Gasteiger partial charge in [-0.25, -0.2) is 0 Å². The van der Waals surface area contributed by atoms with Crippen molar-refractivity contribution in [1.29, 1.82) is 0 Å². The van der Waals surface area contributed by atoms with Crippen LogP contribution < -0.4 is 0 Å². The highest BCUT2D eigenvalue weighted by Crippen LogP contribution is 2.31. The lowest BCUT2D eigenvalue weighted by molar-refractivity contribution is -0.136. The van der Waals surface area contributed by atoms with E-state index in [0.29, 0.717) is 11.7 Å². The van der Waals surface area contributed by atoms with E-state index in [2.05, 4.69) is 34.3 Å². The second kappa shape index (κ2) is 4.20. The molecule has 3 nitrogen and oxygen atoms in total. The van der Waals surface area contributed by atoms with Gasteiger partial charge in [0.15, 0.2) is 5.78 Å². The Hall–Kier alpha value is -1.61. The molecule has 0 saturated carbocycles. The van der Waals surface area contributed by atoms with E-state index in [4.69, 9.17) is 0 Å². The minimum absolute atomic E-state index is 0.117. The topological polar surface area (TPSA) is 36.1 Å². The summed E-state index contributed by atoms with van der Waals surface area (Å²) in [4.78, 5) is 18.1. The summed E-state index contributed by atoms with van der Waals surface area (Å²) < 4.78 is 0. The SMILES string of the molecule is O=C1C2CCN(CC2)[C@H]1Cc1c[nH]c2ccccc12. The first kappa shape index (κ1) is 11.2. The summed E-state index contributed by atoms with van der Waals surface area (Å²) in [5.41, 5.74) is 2.45. The van der Waals surface area contributed by atoms with Gasteiger partial charge in [-0.1, -0.05) is 18.2 Å². The third-order valence-electron chi connectivity index (χ3n) is 4.79. The molecule has 0 radical (unpaired) electrons. The van der Waals surface area contributed by atoms with Crippen LogP contribution in [0.1, 0.15) is 18.4 Å². The van der Waals surface area contributed by atoms with E-state index in [1.807, 2.05) is 6.07 Å². The summed E-state index contributed by atoms with van der Waals surface area (Å²) in [5.74, 6) is 0.808. The fourth-order valence-corrected chi connectivity index (χ4v) is 3.69. The van der Waals surface area contributed by atoms with E-state index in [1.165, 1.54) is 16.5 Å². The quantitative estimate of drug-likeness (QED) is 0.893. The number of aromatic nitrogens is 1. The molecule has 3 heteroatoms. The van der Waals surface area contributed by atoms with Crippen LogP contribution >= 0.6 is 0 Å². The first-order chi connectivity index (χ1) is 9.33. The Morgan fingerprint density at radius 2 is 2.00 bits per heavy atom. The molecular formula is C16H18N2O. The molecule has 2 aromatic rings. The number of para-hydroxylation sites is 1. The second-order valence-corrected chi connectivity index (χ2v) is 5.79. The average Bonchev–Trinajstić information content (AvgIpc) is 2.87. The number of fused-ring (bicyclic) bond motifs is 4. The zero-order valence-electron chi connectivity index (χ0n) is 10.9. The number of nitrogens with zero attached hydrogens (tertiary/aromatic N) is 1. The highest BCUT2D eigenvalue weighted by atomic mass is 16.1. The summed E-state index contributed by atoms with van der Waals surface area (Å²) in [6.07, 6.45) is 5.08. The van der Waals surface area contributed by atoms with Crippen LogP contribution in [0.25, 0.3) is 10.9 Å². The van der Waals surface area contributed by atoms with Gasteiger partial charge in [0.05, 0.1) is 6.04 Å². The maximum absolute atomic E-state index is 12.4. The van der Waals surface area contributed by atoms with Gasteiger partial charge < -0.3 is 4.98 Å². The maximum atomic E-state index is 12.4. The number of aromatic amines is 1. The molecule has 5 rings (SSSR count). The fraction of sp³-hybridized carbons (Fsp3) is 0.438. The van der Waals surface area contributed by atoms with Gasteiger partial charge in [-0.2, -0.15) is 0 Å². The van der Waals surface area contributed by atoms with Gasteiger partial charge in [-0.3, -0.25) is 9.69 Å². The molecule has 1 aromatic heterocycles. The molecule has 3 aliphatic rings. The van der Waals surface area contributed by atoms with Crippen LogP contribution in [0.15, 0.2) is 30.5 Å². The molecule has 2 bridgehead atoms. The molecule has 3 saturated heterocycles. The van der Waals surface area contributed by atoms with Gasteiger partial charge in [-0.05, 0) is 44.0 Å². The number of piperidine rings is 3. The number of H-pyrrole nitrogens is 1. The third kappa shape index (κ3) is 1.72. The van der Waals surface area contributed by atoms with Gasteiger partial charge in [0.25, 0.3) is 0 Å². The van der Waals surface area contributed by atoms with Crippen LogP contribution in [-0.2, 0) is 11.2 Å². The molecule has 98 valence electrons. The number of ketones is 1. The fourth-order valence-electron chi connectivity index (χ4n) is 3.69. The van der Waals surface area contributed by atoms with Gasteiger partial charge in [0.2, 0.25) is 0 Å². The van der Waals surface area contributed by atoms with Crippen LogP contribution in [0, 0.1) is 5.92 Å². The van der Waals surface area contributed by atoms with Crippen LogP contribution in [-0.4, -0.2) is 34.8 Å². The lowest BCUT2D eigenvalue weighted by atomic mass is 9.80. The van der Waals surface area contributed by atoms with Gasteiger partial charge in [0.1, 0.15) is 0 Å². The van der Waals surface area contributed by atoms with E-state index in [-0.39, 0.29) is 6.04 Å². The van der Waals surface area contributed by atoms with Crippen molar-refractivity contribution in [2.24, 2.45) is 5.92 Å². The van der Waals surface area contributed by atoms with E-state index < -0.39 is 0 Å². The largest absolute Gasteiger partial charge is 0.361 e. The van der Waals surface area contributed by atoms with Crippen molar-refractivity contribution in [3.05, 3.63) is 36.0 Å². The Balaban J connectivity index is 1.66. The van der Waals surface area contributed by atoms with Crippen LogP contribution in [0.5, 0.6) is 0 Å². The molecule has 1 atom stereocenters. The third-order valence-corrected chi connectivity index (χ3v) is 4.79. The van der Waals surface area contributed by atoms with Gasteiger partial charge >= 0.3 is 0 Å². The number of Topliss-reactive ketones (excluding diaryl/α,β-unsaturated/α-hetero) is 1. The minimum atomic E-state index is 0.117. The summed E-state index contributed by atoms with van der Waals surface area (Å²) >= 11 is 0. The van der Waals surface area contributed by atoms with E-state index in [0.717, 1.165) is 32.4 Å². The zero-order valence-corrected chi connectivity index (χ0v) is 10.9. The molecule has 1 aromatic carbocycles. The Labute approximate surface area is 112 Å². The normalized spacial score (nSPS) is 30.1. The Morgan fingerprint density at radius 1 is 1.21 bits per heavy atom. The summed E-state index contributed by atoms with van der Waals surface area (Å²) in [7, 11) is 0. The van der Waals surface area contributed by atoms with Crippen LogP contribution in [0.3, 0.4) is 0 Å². The number of hydrogen-bond acceptors (Lipinski definition) is 2. The molecule has 4 heterocycles. The standard InChI is InChI=1S/C16H18N2O/c19-16-11-5-7-18(8-6-11)15(16)9-12-10-17-14-4-2-1-3-13(12)14/h1-4,10-11,15,17H,5-9H2/t15-/m0/s1. The molecule has 0 aliphatic carbocycles. The predicted octanol–water partition coefficient (Wildman–Crippen LogP) is 2.37. The first-order valence-electron chi connectivity index (χ1n) is 7.16. The second-order valence-electron chi connectivity index (χ2n) is 5.79. The molecule has 0 spiro atoms. The molecule has 3 fully saturated rings.